The SMILES string of the molecule is O=C(O)CCn1c(O)c(C2=c3cc(Cl)ccc3=NC2=O)sc1=S. The number of halogens is 1. The van der Waals surface area contributed by atoms with Crippen molar-refractivity contribution in [3.63, 3.8) is 0 Å². The average Bonchev–Trinajstić information content (AvgIpc) is 2.93. The molecule has 3 rings (SSSR count). The van der Waals surface area contributed by atoms with Crippen molar-refractivity contribution in [1.82, 2.24) is 4.57 Å². The molecule has 1 aromatic carbocycles. The molecule has 0 unspecified atom stereocenters. The van der Waals surface area contributed by atoms with Crippen molar-refractivity contribution in [2.45, 2.75) is 13.0 Å². The van der Waals surface area contributed by atoms with E-state index in [1.807, 2.05) is 0 Å². The van der Waals surface area contributed by atoms with Crippen molar-refractivity contribution < 1.29 is 19.8 Å². The summed E-state index contributed by atoms with van der Waals surface area (Å²) in [7, 11) is 0. The first kappa shape index (κ1) is 15.9. The second-order valence-corrected chi connectivity index (χ2v) is 6.85. The van der Waals surface area contributed by atoms with E-state index in [0.29, 0.717) is 15.6 Å². The highest BCUT2D eigenvalue weighted by atomic mass is 35.5. The lowest BCUT2D eigenvalue weighted by atomic mass is 10.1. The van der Waals surface area contributed by atoms with Crippen molar-refractivity contribution in [2.24, 2.45) is 4.99 Å². The van der Waals surface area contributed by atoms with Crippen LogP contribution in [-0.4, -0.2) is 26.7 Å². The number of hydrogen-bond donors (Lipinski definition) is 2. The Morgan fingerprint density at radius 3 is 2.87 bits per heavy atom. The van der Waals surface area contributed by atoms with Gasteiger partial charge in [-0.2, -0.15) is 0 Å². The lowest BCUT2D eigenvalue weighted by Gasteiger charge is -2.03. The molecular formula is C14H9ClN2O4S2. The maximum Gasteiger partial charge on any atom is 0.305 e. The Morgan fingerprint density at radius 1 is 1.43 bits per heavy atom. The summed E-state index contributed by atoms with van der Waals surface area (Å²) in [5.41, 5.74) is 0.227. The first-order valence-electron chi connectivity index (χ1n) is 6.46. The minimum atomic E-state index is -1.00. The van der Waals surface area contributed by atoms with Gasteiger partial charge in [-0.25, -0.2) is 4.99 Å². The number of hydrogen-bond acceptors (Lipinski definition) is 5. The van der Waals surface area contributed by atoms with Gasteiger partial charge in [0.05, 0.1) is 17.4 Å². The Morgan fingerprint density at radius 2 is 2.17 bits per heavy atom. The van der Waals surface area contributed by atoms with Crippen LogP contribution in [0.3, 0.4) is 0 Å². The van der Waals surface area contributed by atoms with Crippen molar-refractivity contribution in [3.05, 3.63) is 42.6 Å². The zero-order chi connectivity index (χ0) is 16.7. The second-order valence-electron chi connectivity index (χ2n) is 4.77. The van der Waals surface area contributed by atoms with E-state index in [0.717, 1.165) is 11.3 Å². The number of carbonyl (C=O) groups is 2. The van der Waals surface area contributed by atoms with Gasteiger partial charge in [-0.05, 0) is 30.4 Å². The van der Waals surface area contributed by atoms with Crippen molar-refractivity contribution in [2.75, 3.05) is 0 Å². The number of benzene rings is 1. The number of aromatic hydroxyl groups is 1. The number of carboxylic acids is 1. The Labute approximate surface area is 143 Å². The topological polar surface area (TPSA) is 91.9 Å². The Hall–Kier alpha value is -2.03. The third-order valence-electron chi connectivity index (χ3n) is 3.31. The molecular weight excluding hydrogens is 360 g/mol. The molecule has 0 fully saturated rings. The number of rotatable bonds is 4. The lowest BCUT2D eigenvalue weighted by molar-refractivity contribution is -0.137. The zero-order valence-electron chi connectivity index (χ0n) is 11.4. The van der Waals surface area contributed by atoms with E-state index >= 15 is 0 Å². The smallest absolute Gasteiger partial charge is 0.305 e. The molecule has 23 heavy (non-hydrogen) atoms. The molecule has 0 bridgehead atoms. The van der Waals surface area contributed by atoms with Crippen LogP contribution in [0.1, 0.15) is 11.3 Å². The van der Waals surface area contributed by atoms with Crippen LogP contribution < -0.4 is 10.6 Å². The van der Waals surface area contributed by atoms with Crippen LogP contribution >= 0.6 is 35.2 Å². The molecule has 0 radical (unpaired) electrons. The van der Waals surface area contributed by atoms with Gasteiger partial charge in [0.1, 0.15) is 4.88 Å². The number of carboxylic acid groups (broad SMARTS) is 1. The molecule has 0 aliphatic carbocycles. The van der Waals surface area contributed by atoms with Crippen LogP contribution in [-0.2, 0) is 16.1 Å². The normalized spacial score (nSPS) is 13.1. The van der Waals surface area contributed by atoms with Crippen LogP contribution in [0.25, 0.3) is 5.57 Å². The molecule has 1 aliphatic heterocycles. The fourth-order valence-electron chi connectivity index (χ4n) is 2.27. The minimum absolute atomic E-state index is 0.0253. The molecule has 2 aromatic rings. The van der Waals surface area contributed by atoms with E-state index in [4.69, 9.17) is 28.9 Å². The van der Waals surface area contributed by atoms with Gasteiger partial charge in [0.25, 0.3) is 5.91 Å². The van der Waals surface area contributed by atoms with Crippen LogP contribution in [0.15, 0.2) is 23.2 Å². The van der Waals surface area contributed by atoms with E-state index in [1.165, 1.54) is 4.57 Å². The Bertz CT molecular complexity index is 1020. The molecule has 6 nitrogen and oxygen atoms in total. The molecule has 1 amide bonds. The van der Waals surface area contributed by atoms with Crippen LogP contribution in [0.4, 0.5) is 0 Å². The average molecular weight is 369 g/mol. The van der Waals surface area contributed by atoms with Gasteiger partial charge in [-0.1, -0.05) is 11.6 Å². The molecule has 0 atom stereocenters. The van der Waals surface area contributed by atoms with E-state index < -0.39 is 11.9 Å². The summed E-state index contributed by atoms with van der Waals surface area (Å²) >= 11 is 12.2. The molecule has 118 valence electrons. The predicted octanol–water partition coefficient (Wildman–Crippen LogP) is 1.47. The first-order valence-corrected chi connectivity index (χ1v) is 8.06. The maximum absolute atomic E-state index is 12.2. The number of amides is 1. The molecule has 2 N–H and O–H groups in total. The summed E-state index contributed by atoms with van der Waals surface area (Å²) in [5.74, 6) is -1.72. The quantitative estimate of drug-likeness (QED) is 0.797. The van der Waals surface area contributed by atoms with Gasteiger partial charge in [-0.15, -0.1) is 11.3 Å². The molecule has 0 saturated heterocycles. The fourth-order valence-corrected chi connectivity index (χ4v) is 3.83. The van der Waals surface area contributed by atoms with Gasteiger partial charge in [0.2, 0.25) is 5.88 Å². The van der Waals surface area contributed by atoms with Crippen molar-refractivity contribution in [1.29, 1.82) is 0 Å². The van der Waals surface area contributed by atoms with Crippen LogP contribution in [0.5, 0.6) is 5.88 Å². The Kier molecular flexibility index (Phi) is 4.05. The van der Waals surface area contributed by atoms with Gasteiger partial charge in [0, 0.05) is 16.8 Å². The van der Waals surface area contributed by atoms with Crippen molar-refractivity contribution >= 4 is 52.6 Å². The predicted molar refractivity (Wildman–Crippen MR) is 86.8 cm³/mol. The van der Waals surface area contributed by atoms with Gasteiger partial charge in [0.15, 0.2) is 3.95 Å². The molecule has 2 heterocycles. The molecule has 1 aliphatic rings. The van der Waals surface area contributed by atoms with E-state index in [-0.39, 0.29) is 33.3 Å². The third kappa shape index (κ3) is 2.80. The van der Waals surface area contributed by atoms with Gasteiger partial charge < -0.3 is 10.2 Å². The van der Waals surface area contributed by atoms with E-state index in [9.17, 15) is 14.7 Å². The summed E-state index contributed by atoms with van der Waals surface area (Å²) in [5, 5.41) is 20.6. The highest BCUT2D eigenvalue weighted by Gasteiger charge is 2.25. The molecule has 0 saturated carbocycles. The number of carbonyl (C=O) groups excluding carboxylic acids is 1. The summed E-state index contributed by atoms with van der Waals surface area (Å²) in [6.07, 6.45) is -0.186. The second kappa shape index (κ2) is 5.88. The third-order valence-corrected chi connectivity index (χ3v) is 5.00. The van der Waals surface area contributed by atoms with Gasteiger partial charge in [-0.3, -0.25) is 14.2 Å². The summed E-state index contributed by atoms with van der Waals surface area (Å²) in [6.45, 7) is 0.0253. The number of aliphatic carboxylic acids is 1. The van der Waals surface area contributed by atoms with Gasteiger partial charge >= 0.3 is 5.97 Å². The Balaban J connectivity index is 2.20. The van der Waals surface area contributed by atoms with Crippen LogP contribution in [0, 0.1) is 3.95 Å². The maximum atomic E-state index is 12.2. The number of fused-ring (bicyclic) bond motifs is 1. The monoisotopic (exact) mass is 368 g/mol. The number of thiazole rings is 1. The summed E-state index contributed by atoms with van der Waals surface area (Å²) < 4.78 is 1.58. The standard InChI is InChI=1S/C14H9ClN2O4S2/c15-6-1-2-8-7(5-6)10(12(20)16-8)11-13(21)17(14(22)23-11)4-3-9(18)19/h1-2,5,21H,3-4H2,(H,18,19). The number of aromatic nitrogens is 1. The molecule has 9 heteroatoms. The first-order chi connectivity index (χ1) is 10.9. The van der Waals surface area contributed by atoms with E-state index in [2.05, 4.69) is 4.99 Å². The number of nitrogens with zero attached hydrogens (tertiary/aromatic N) is 2. The zero-order valence-corrected chi connectivity index (χ0v) is 13.8. The fraction of sp³-hybridized carbons (Fsp3) is 0.143. The summed E-state index contributed by atoms with van der Waals surface area (Å²) in [4.78, 5) is 27.1. The molecule has 0 spiro atoms. The highest BCUT2D eigenvalue weighted by molar-refractivity contribution is 7.73. The molecule has 1 aromatic heterocycles. The van der Waals surface area contributed by atoms with Crippen molar-refractivity contribution in [3.8, 4) is 5.88 Å². The van der Waals surface area contributed by atoms with Crippen LogP contribution in [0.2, 0.25) is 5.02 Å². The lowest BCUT2D eigenvalue weighted by Crippen LogP contribution is -2.22. The summed E-state index contributed by atoms with van der Waals surface area (Å²) in [6, 6.07) is 4.85. The minimum Gasteiger partial charge on any atom is -0.493 e. The largest absolute Gasteiger partial charge is 0.493 e. The van der Waals surface area contributed by atoms with E-state index in [1.54, 1.807) is 18.2 Å². The highest BCUT2D eigenvalue weighted by Crippen LogP contribution is 2.32.